The van der Waals surface area contributed by atoms with Crippen LogP contribution in [0.15, 0.2) is 18.2 Å². The van der Waals surface area contributed by atoms with Crippen molar-refractivity contribution in [1.29, 1.82) is 0 Å². The first-order chi connectivity index (χ1) is 10.6. The first-order valence-electron chi connectivity index (χ1n) is 7.30. The number of benzene rings is 1. The molecule has 22 heavy (non-hydrogen) atoms. The van der Waals surface area contributed by atoms with E-state index in [9.17, 15) is 9.59 Å². The standard InChI is InChI=1S/C16H21NO5/c1-21-12-6-7-14(22-2)11(10-12)5-8-15(18)17-9-3-4-13(17)16(19)20/h6-7,10,13H,3-5,8-9H2,1-2H3,(H,19,20)/t13-/m0/s1. The van der Waals surface area contributed by atoms with Crippen molar-refractivity contribution in [3.8, 4) is 11.5 Å². The van der Waals surface area contributed by atoms with Crippen LogP contribution in [0.3, 0.4) is 0 Å². The second-order valence-electron chi connectivity index (χ2n) is 5.26. The quantitative estimate of drug-likeness (QED) is 0.866. The fourth-order valence-electron chi connectivity index (χ4n) is 2.78. The number of carboxylic acid groups (broad SMARTS) is 1. The Hall–Kier alpha value is -2.24. The summed E-state index contributed by atoms with van der Waals surface area (Å²) in [6, 6.07) is 4.75. The van der Waals surface area contributed by atoms with Gasteiger partial charge in [-0.15, -0.1) is 0 Å². The molecule has 0 bridgehead atoms. The highest BCUT2D eigenvalue weighted by molar-refractivity contribution is 5.84. The molecule has 1 aromatic carbocycles. The molecule has 1 heterocycles. The van der Waals surface area contributed by atoms with Crippen LogP contribution in [0, 0.1) is 0 Å². The highest BCUT2D eigenvalue weighted by atomic mass is 16.5. The van der Waals surface area contributed by atoms with E-state index in [0.29, 0.717) is 30.9 Å². The summed E-state index contributed by atoms with van der Waals surface area (Å²) in [5, 5.41) is 9.14. The Morgan fingerprint density at radius 3 is 2.73 bits per heavy atom. The van der Waals surface area contributed by atoms with Crippen molar-refractivity contribution in [2.75, 3.05) is 20.8 Å². The number of amides is 1. The average Bonchev–Trinajstić information content (AvgIpc) is 3.02. The summed E-state index contributed by atoms with van der Waals surface area (Å²) in [7, 11) is 3.16. The molecule has 1 fully saturated rings. The second-order valence-corrected chi connectivity index (χ2v) is 5.26. The normalized spacial score (nSPS) is 17.4. The summed E-state index contributed by atoms with van der Waals surface area (Å²) in [5.74, 6) is 0.345. The predicted octanol–water partition coefficient (Wildman–Crippen LogP) is 1.71. The first kappa shape index (κ1) is 16.1. The molecule has 0 aliphatic carbocycles. The Balaban J connectivity index is 2.03. The van der Waals surface area contributed by atoms with Crippen LogP contribution in [-0.4, -0.2) is 48.7 Å². The molecular formula is C16H21NO5. The zero-order chi connectivity index (χ0) is 16.1. The Kier molecular flexibility index (Phi) is 5.25. The summed E-state index contributed by atoms with van der Waals surface area (Å²) in [4.78, 5) is 24.9. The van der Waals surface area contributed by atoms with Crippen LogP contribution < -0.4 is 9.47 Å². The molecule has 6 heteroatoms. The monoisotopic (exact) mass is 307 g/mol. The van der Waals surface area contributed by atoms with Crippen molar-refractivity contribution in [2.24, 2.45) is 0 Å². The number of carbonyl (C=O) groups is 2. The summed E-state index contributed by atoms with van der Waals surface area (Å²) >= 11 is 0. The smallest absolute Gasteiger partial charge is 0.326 e. The maximum Gasteiger partial charge on any atom is 0.326 e. The number of carboxylic acids is 1. The molecule has 2 rings (SSSR count). The van der Waals surface area contributed by atoms with Crippen LogP contribution >= 0.6 is 0 Å². The molecule has 1 saturated heterocycles. The zero-order valence-electron chi connectivity index (χ0n) is 12.9. The lowest BCUT2D eigenvalue weighted by Gasteiger charge is -2.21. The van der Waals surface area contributed by atoms with Crippen molar-refractivity contribution in [2.45, 2.75) is 31.7 Å². The minimum absolute atomic E-state index is 0.130. The number of hydrogen-bond acceptors (Lipinski definition) is 4. The average molecular weight is 307 g/mol. The van der Waals surface area contributed by atoms with E-state index in [4.69, 9.17) is 14.6 Å². The van der Waals surface area contributed by atoms with E-state index in [1.165, 1.54) is 4.90 Å². The van der Waals surface area contributed by atoms with Crippen molar-refractivity contribution in [3.63, 3.8) is 0 Å². The third-order valence-corrected chi connectivity index (χ3v) is 3.95. The Labute approximate surface area is 129 Å². The molecule has 0 aromatic heterocycles. The van der Waals surface area contributed by atoms with Crippen LogP contribution in [0.25, 0.3) is 0 Å². The molecule has 0 saturated carbocycles. The van der Waals surface area contributed by atoms with Crippen LogP contribution in [-0.2, 0) is 16.0 Å². The largest absolute Gasteiger partial charge is 0.497 e. The minimum atomic E-state index is -0.926. The lowest BCUT2D eigenvalue weighted by atomic mass is 10.1. The number of carbonyl (C=O) groups excluding carboxylic acids is 1. The molecule has 0 radical (unpaired) electrons. The molecule has 1 aliphatic rings. The Morgan fingerprint density at radius 1 is 1.32 bits per heavy atom. The van der Waals surface area contributed by atoms with Crippen LogP contribution in [0.2, 0.25) is 0 Å². The topological polar surface area (TPSA) is 76.1 Å². The highest BCUT2D eigenvalue weighted by Crippen LogP contribution is 2.26. The SMILES string of the molecule is COc1ccc(OC)c(CCC(=O)N2CCC[C@H]2C(=O)O)c1. The van der Waals surface area contributed by atoms with Crippen LogP contribution in [0.5, 0.6) is 11.5 Å². The number of nitrogens with zero attached hydrogens (tertiary/aromatic N) is 1. The third-order valence-electron chi connectivity index (χ3n) is 3.95. The number of aliphatic carboxylic acids is 1. The van der Waals surface area contributed by atoms with Gasteiger partial charge in [-0.25, -0.2) is 4.79 Å². The molecule has 1 aromatic rings. The van der Waals surface area contributed by atoms with E-state index in [2.05, 4.69) is 0 Å². The minimum Gasteiger partial charge on any atom is -0.497 e. The Bertz CT molecular complexity index is 557. The second kappa shape index (κ2) is 7.15. The van der Waals surface area contributed by atoms with Crippen molar-refractivity contribution in [1.82, 2.24) is 4.90 Å². The predicted molar refractivity (Wildman–Crippen MR) is 80.2 cm³/mol. The van der Waals surface area contributed by atoms with Gasteiger partial charge in [0, 0.05) is 13.0 Å². The molecule has 0 unspecified atom stereocenters. The third kappa shape index (κ3) is 3.50. The Morgan fingerprint density at radius 2 is 2.09 bits per heavy atom. The van der Waals surface area contributed by atoms with Crippen molar-refractivity contribution < 1.29 is 24.2 Å². The van der Waals surface area contributed by atoms with Gasteiger partial charge in [-0.2, -0.15) is 0 Å². The number of likely N-dealkylation sites (tertiary alicyclic amines) is 1. The maximum absolute atomic E-state index is 12.3. The van der Waals surface area contributed by atoms with Gasteiger partial charge < -0.3 is 19.5 Å². The van der Waals surface area contributed by atoms with Gasteiger partial charge in [-0.05, 0) is 43.0 Å². The summed E-state index contributed by atoms with van der Waals surface area (Å²) in [6.07, 6.45) is 2.02. The lowest BCUT2D eigenvalue weighted by molar-refractivity contribution is -0.148. The van der Waals surface area contributed by atoms with E-state index in [1.54, 1.807) is 26.4 Å². The van der Waals surface area contributed by atoms with Crippen LogP contribution in [0.4, 0.5) is 0 Å². The molecular weight excluding hydrogens is 286 g/mol. The van der Waals surface area contributed by atoms with Crippen molar-refractivity contribution >= 4 is 11.9 Å². The molecule has 1 N–H and O–H groups in total. The molecule has 6 nitrogen and oxygen atoms in total. The van der Waals surface area contributed by atoms with Crippen molar-refractivity contribution in [3.05, 3.63) is 23.8 Å². The van der Waals surface area contributed by atoms with Gasteiger partial charge in [0.25, 0.3) is 0 Å². The van der Waals surface area contributed by atoms with E-state index < -0.39 is 12.0 Å². The van der Waals surface area contributed by atoms with E-state index in [-0.39, 0.29) is 12.3 Å². The van der Waals surface area contributed by atoms with Gasteiger partial charge in [0.1, 0.15) is 17.5 Å². The van der Waals surface area contributed by atoms with E-state index >= 15 is 0 Å². The van der Waals surface area contributed by atoms with E-state index in [0.717, 1.165) is 12.0 Å². The highest BCUT2D eigenvalue weighted by Gasteiger charge is 2.33. The maximum atomic E-state index is 12.3. The van der Waals surface area contributed by atoms with Gasteiger partial charge in [0.05, 0.1) is 14.2 Å². The molecule has 1 aliphatic heterocycles. The fraction of sp³-hybridized carbons (Fsp3) is 0.500. The number of hydrogen-bond donors (Lipinski definition) is 1. The molecule has 1 atom stereocenters. The summed E-state index contributed by atoms with van der Waals surface area (Å²) in [6.45, 7) is 0.519. The number of rotatable bonds is 6. The van der Waals surface area contributed by atoms with E-state index in [1.807, 2.05) is 6.07 Å². The summed E-state index contributed by atoms with van der Waals surface area (Å²) < 4.78 is 10.5. The molecule has 1 amide bonds. The van der Waals surface area contributed by atoms with Gasteiger partial charge in [0.2, 0.25) is 5.91 Å². The fourth-order valence-corrected chi connectivity index (χ4v) is 2.78. The zero-order valence-corrected chi connectivity index (χ0v) is 12.9. The molecule has 0 spiro atoms. The lowest BCUT2D eigenvalue weighted by Crippen LogP contribution is -2.40. The van der Waals surface area contributed by atoms with Gasteiger partial charge >= 0.3 is 5.97 Å². The number of ether oxygens (including phenoxy) is 2. The van der Waals surface area contributed by atoms with Gasteiger partial charge in [0.15, 0.2) is 0 Å². The molecule has 120 valence electrons. The summed E-state index contributed by atoms with van der Waals surface area (Å²) in [5.41, 5.74) is 0.876. The van der Waals surface area contributed by atoms with Crippen LogP contribution in [0.1, 0.15) is 24.8 Å². The first-order valence-corrected chi connectivity index (χ1v) is 7.30. The number of aryl methyl sites for hydroxylation is 1. The van der Waals surface area contributed by atoms with Gasteiger partial charge in [-0.3, -0.25) is 4.79 Å². The number of methoxy groups -OCH3 is 2. The van der Waals surface area contributed by atoms with Gasteiger partial charge in [-0.1, -0.05) is 0 Å².